The lowest BCUT2D eigenvalue weighted by Gasteiger charge is -2.37. The zero-order chi connectivity index (χ0) is 14.8. The van der Waals surface area contributed by atoms with Gasteiger partial charge in [-0.05, 0) is 12.8 Å². The summed E-state index contributed by atoms with van der Waals surface area (Å²) in [5, 5.41) is 8.70. The monoisotopic (exact) mass is 290 g/mol. The molecule has 5 nitrogen and oxygen atoms in total. The number of carbonyl (C=O) groups excluding carboxylic acids is 1. The molecule has 1 saturated heterocycles. The fourth-order valence-electron chi connectivity index (χ4n) is 2.86. The van der Waals surface area contributed by atoms with E-state index in [-0.39, 0.29) is 44.1 Å². The number of aliphatic carboxylic acids is 1. The lowest BCUT2D eigenvalue weighted by atomic mass is 9.86. The zero-order valence-corrected chi connectivity index (χ0v) is 11.4. The van der Waals surface area contributed by atoms with Crippen molar-refractivity contribution in [1.82, 2.24) is 9.80 Å². The molecule has 2 rings (SSSR count). The largest absolute Gasteiger partial charge is 0.480 e. The Labute approximate surface area is 116 Å². The Kier molecular flexibility index (Phi) is 4.57. The Hall–Kier alpha value is -1.24. The number of rotatable bonds is 3. The van der Waals surface area contributed by atoms with E-state index in [1.54, 1.807) is 9.80 Å². The van der Waals surface area contributed by atoms with E-state index < -0.39 is 11.9 Å². The van der Waals surface area contributed by atoms with E-state index in [0.717, 1.165) is 0 Å². The smallest absolute Gasteiger partial charge is 0.317 e. The number of carboxylic acids is 1. The van der Waals surface area contributed by atoms with Gasteiger partial charge in [0.1, 0.15) is 0 Å². The molecule has 0 atom stereocenters. The fourth-order valence-corrected chi connectivity index (χ4v) is 2.86. The molecule has 1 aliphatic carbocycles. The van der Waals surface area contributed by atoms with Gasteiger partial charge in [-0.15, -0.1) is 0 Å². The molecule has 0 unspecified atom stereocenters. The Balaban J connectivity index is 1.79. The molecule has 114 valence electrons. The van der Waals surface area contributed by atoms with Crippen molar-refractivity contribution >= 4 is 11.9 Å². The Bertz CT molecular complexity index is 372. The summed E-state index contributed by atoms with van der Waals surface area (Å²) in [6, 6.07) is 0. The van der Waals surface area contributed by atoms with E-state index in [2.05, 4.69) is 0 Å². The lowest BCUT2D eigenvalue weighted by molar-refractivity contribution is -0.142. The first-order valence-corrected chi connectivity index (χ1v) is 6.98. The molecule has 7 heteroatoms. The van der Waals surface area contributed by atoms with Gasteiger partial charge in [0.25, 0.3) is 0 Å². The van der Waals surface area contributed by atoms with E-state index >= 15 is 0 Å². The summed E-state index contributed by atoms with van der Waals surface area (Å²) in [6.45, 7) is 2.01. The molecule has 20 heavy (non-hydrogen) atoms. The fraction of sp³-hybridized carbons (Fsp3) is 0.846. The first-order chi connectivity index (χ1) is 9.37. The highest BCUT2D eigenvalue weighted by Gasteiger charge is 2.39. The first-order valence-electron chi connectivity index (χ1n) is 6.98. The second kappa shape index (κ2) is 6.03. The van der Waals surface area contributed by atoms with Gasteiger partial charge < -0.3 is 10.0 Å². The van der Waals surface area contributed by atoms with E-state index in [4.69, 9.17) is 5.11 Å². The topological polar surface area (TPSA) is 60.9 Å². The predicted octanol–water partition coefficient (Wildman–Crippen LogP) is 1.04. The maximum absolute atomic E-state index is 13.1. The minimum absolute atomic E-state index is 0.0162. The van der Waals surface area contributed by atoms with Gasteiger partial charge in [0, 0.05) is 44.9 Å². The van der Waals surface area contributed by atoms with Crippen molar-refractivity contribution in [2.45, 2.75) is 31.6 Å². The normalized spacial score (nSPS) is 24.6. The molecule has 1 aliphatic heterocycles. The first kappa shape index (κ1) is 15.2. The zero-order valence-electron chi connectivity index (χ0n) is 11.4. The third-order valence-electron chi connectivity index (χ3n) is 4.11. The van der Waals surface area contributed by atoms with E-state index in [9.17, 15) is 18.4 Å². The predicted molar refractivity (Wildman–Crippen MR) is 67.6 cm³/mol. The summed E-state index contributed by atoms with van der Waals surface area (Å²) in [5.74, 6) is -3.83. The molecule has 0 aromatic heterocycles. The highest BCUT2D eigenvalue weighted by atomic mass is 19.3. The molecular weight excluding hydrogens is 270 g/mol. The molecule has 1 N–H and O–H groups in total. The van der Waals surface area contributed by atoms with Crippen LogP contribution in [0.4, 0.5) is 8.78 Å². The van der Waals surface area contributed by atoms with Crippen LogP contribution in [0.25, 0.3) is 0 Å². The number of halogens is 2. The minimum Gasteiger partial charge on any atom is -0.480 e. The van der Waals surface area contributed by atoms with E-state index in [1.807, 2.05) is 0 Å². The summed E-state index contributed by atoms with van der Waals surface area (Å²) in [5.41, 5.74) is 0. The van der Waals surface area contributed by atoms with Crippen molar-refractivity contribution in [2.24, 2.45) is 5.92 Å². The van der Waals surface area contributed by atoms with Gasteiger partial charge in [0.2, 0.25) is 11.8 Å². The maximum atomic E-state index is 13.1. The Morgan fingerprint density at radius 2 is 1.65 bits per heavy atom. The maximum Gasteiger partial charge on any atom is 0.317 e. The summed E-state index contributed by atoms with van der Waals surface area (Å²) in [7, 11) is 0. The van der Waals surface area contributed by atoms with Crippen molar-refractivity contribution < 1.29 is 23.5 Å². The number of amides is 1. The molecule has 0 radical (unpaired) electrons. The van der Waals surface area contributed by atoms with Crippen LogP contribution in [0.15, 0.2) is 0 Å². The van der Waals surface area contributed by atoms with Crippen molar-refractivity contribution in [3.8, 4) is 0 Å². The van der Waals surface area contributed by atoms with Crippen LogP contribution in [-0.2, 0) is 9.59 Å². The summed E-state index contributed by atoms with van der Waals surface area (Å²) in [6.07, 6.45) is 0.0904. The van der Waals surface area contributed by atoms with Gasteiger partial charge >= 0.3 is 5.97 Å². The van der Waals surface area contributed by atoms with E-state index in [1.165, 1.54) is 0 Å². The standard InChI is InChI=1S/C13H20F2N2O3/c14-13(15)3-1-10(2-4-13)12(20)17-7-5-16(6-8-17)9-11(18)19/h10H,1-9H2,(H,18,19). The van der Waals surface area contributed by atoms with Crippen molar-refractivity contribution in [2.75, 3.05) is 32.7 Å². The second-order valence-electron chi connectivity index (χ2n) is 5.63. The Morgan fingerprint density at radius 1 is 1.10 bits per heavy atom. The quantitative estimate of drug-likeness (QED) is 0.843. The van der Waals surface area contributed by atoms with Crippen molar-refractivity contribution in [3.63, 3.8) is 0 Å². The van der Waals surface area contributed by atoms with Crippen LogP contribution in [-0.4, -0.2) is 65.4 Å². The van der Waals surface area contributed by atoms with Crippen LogP contribution in [0.3, 0.4) is 0 Å². The summed E-state index contributed by atoms with van der Waals surface area (Å²) in [4.78, 5) is 26.3. The van der Waals surface area contributed by atoms with Gasteiger partial charge in [0.05, 0.1) is 6.54 Å². The van der Waals surface area contributed by atoms with Gasteiger partial charge in [-0.3, -0.25) is 14.5 Å². The molecule has 0 aromatic carbocycles. The minimum atomic E-state index is -2.61. The molecule has 0 spiro atoms. The molecule has 1 heterocycles. The third-order valence-corrected chi connectivity index (χ3v) is 4.11. The molecule has 1 saturated carbocycles. The number of piperazine rings is 1. The number of nitrogens with zero attached hydrogens (tertiary/aromatic N) is 2. The van der Waals surface area contributed by atoms with Gasteiger partial charge in [0.15, 0.2) is 0 Å². The lowest BCUT2D eigenvalue weighted by Crippen LogP contribution is -2.51. The molecule has 2 fully saturated rings. The van der Waals surface area contributed by atoms with Gasteiger partial charge in [-0.2, -0.15) is 0 Å². The van der Waals surface area contributed by atoms with Crippen LogP contribution in [0.2, 0.25) is 0 Å². The van der Waals surface area contributed by atoms with Gasteiger partial charge in [-0.25, -0.2) is 8.78 Å². The molecule has 0 aromatic rings. The summed E-state index contributed by atoms with van der Waals surface area (Å²) >= 11 is 0. The highest BCUT2D eigenvalue weighted by molar-refractivity contribution is 5.79. The number of hydrogen-bond donors (Lipinski definition) is 1. The molecule has 1 amide bonds. The van der Waals surface area contributed by atoms with Crippen molar-refractivity contribution in [1.29, 1.82) is 0 Å². The number of alkyl halides is 2. The average molecular weight is 290 g/mol. The molecule has 0 bridgehead atoms. The SMILES string of the molecule is O=C(O)CN1CCN(C(=O)C2CCC(F)(F)CC2)CC1. The van der Waals surface area contributed by atoms with Crippen LogP contribution in [0.5, 0.6) is 0 Å². The molecular formula is C13H20F2N2O3. The second-order valence-corrected chi connectivity index (χ2v) is 5.63. The molecule has 2 aliphatic rings. The van der Waals surface area contributed by atoms with Gasteiger partial charge in [-0.1, -0.05) is 0 Å². The van der Waals surface area contributed by atoms with Crippen LogP contribution in [0, 0.1) is 5.92 Å². The van der Waals surface area contributed by atoms with Crippen LogP contribution < -0.4 is 0 Å². The Morgan fingerprint density at radius 3 is 2.15 bits per heavy atom. The number of hydrogen-bond acceptors (Lipinski definition) is 3. The number of carboxylic acid groups (broad SMARTS) is 1. The van der Waals surface area contributed by atoms with E-state index in [0.29, 0.717) is 26.2 Å². The van der Waals surface area contributed by atoms with Crippen LogP contribution >= 0.6 is 0 Å². The number of carbonyl (C=O) groups is 2. The third kappa shape index (κ3) is 3.88. The van der Waals surface area contributed by atoms with Crippen LogP contribution in [0.1, 0.15) is 25.7 Å². The highest BCUT2D eigenvalue weighted by Crippen LogP contribution is 2.36. The average Bonchev–Trinajstić information content (AvgIpc) is 2.38. The van der Waals surface area contributed by atoms with Crippen molar-refractivity contribution in [3.05, 3.63) is 0 Å². The summed E-state index contributed by atoms with van der Waals surface area (Å²) < 4.78 is 26.1.